The smallest absolute Gasteiger partial charge is 0.388 e. The van der Waals surface area contributed by atoms with Gasteiger partial charge in [0.1, 0.15) is 0 Å². The molecule has 256 valence electrons. The fourth-order valence-electron chi connectivity index (χ4n) is 7.29. The highest BCUT2D eigenvalue weighted by atomic mass is 127. The molecular formula is C35H41F6IN4O. The fourth-order valence-corrected chi connectivity index (χ4v) is 7.57. The largest absolute Gasteiger partial charge is 0.416 e. The average molecular weight is 775 g/mol. The van der Waals surface area contributed by atoms with Gasteiger partial charge in [-0.1, -0.05) is 26.0 Å². The number of rotatable bonds is 11. The summed E-state index contributed by atoms with van der Waals surface area (Å²) < 4.78 is 85.6. The molecule has 0 radical (unpaired) electrons. The van der Waals surface area contributed by atoms with E-state index in [-0.39, 0.29) is 35.3 Å². The maximum absolute atomic E-state index is 17.2. The summed E-state index contributed by atoms with van der Waals surface area (Å²) in [5, 5.41) is 11.6. The van der Waals surface area contributed by atoms with E-state index in [1.165, 1.54) is 0 Å². The van der Waals surface area contributed by atoms with E-state index in [0.717, 1.165) is 27.8 Å². The predicted molar refractivity (Wildman–Crippen MR) is 178 cm³/mol. The van der Waals surface area contributed by atoms with Crippen LogP contribution in [0.1, 0.15) is 122 Å². The van der Waals surface area contributed by atoms with Crippen molar-refractivity contribution in [2.75, 3.05) is 31.3 Å². The minimum absolute atomic E-state index is 0.0346. The molecule has 1 aliphatic carbocycles. The molecular weight excluding hydrogens is 733 g/mol. The Bertz CT molecular complexity index is 1490. The summed E-state index contributed by atoms with van der Waals surface area (Å²) in [5.74, 6) is -0.0680. The number of piperidine rings is 1. The van der Waals surface area contributed by atoms with Crippen LogP contribution in [0.4, 0.5) is 32.3 Å². The summed E-state index contributed by atoms with van der Waals surface area (Å²) in [6.07, 6.45) is -0.819. The summed E-state index contributed by atoms with van der Waals surface area (Å²) in [5.41, 5.74) is 1.32. The zero-order valence-electron chi connectivity index (χ0n) is 26.6. The molecule has 3 heterocycles. The van der Waals surface area contributed by atoms with Gasteiger partial charge in [-0.3, -0.25) is 13.8 Å². The second kappa shape index (κ2) is 15.0. The minimum Gasteiger partial charge on any atom is -0.388 e. The lowest BCUT2D eigenvalue weighted by Gasteiger charge is -2.40. The zero-order chi connectivity index (χ0) is 33.9. The van der Waals surface area contributed by atoms with E-state index < -0.39 is 43.3 Å². The topological polar surface area (TPSA) is 62.1 Å². The molecule has 1 saturated heterocycles. The van der Waals surface area contributed by atoms with Crippen LogP contribution in [0.25, 0.3) is 0 Å². The van der Waals surface area contributed by atoms with Crippen molar-refractivity contribution >= 4 is 28.5 Å². The van der Waals surface area contributed by atoms with Gasteiger partial charge in [-0.05, 0) is 109 Å². The first-order chi connectivity index (χ1) is 22.3. The highest BCUT2D eigenvalue weighted by Crippen LogP contribution is 2.50. The van der Waals surface area contributed by atoms with Gasteiger partial charge in [-0.15, -0.1) is 0 Å². The van der Waals surface area contributed by atoms with Gasteiger partial charge in [0.25, 0.3) is 0 Å². The zero-order valence-corrected chi connectivity index (χ0v) is 28.8. The SMILES string of the molecule is CC1(C)Cc2nc(C3CCN(c4ncc(I)cn4)CC3)c([C@@H](F)c3ccc(C(F)(F)F)cc3)c(C(CCCF)CCCF)c2C(O)C1. The molecule has 1 N–H and O–H groups in total. The number of halogens is 7. The Kier molecular flexibility index (Phi) is 11.4. The number of hydrogen-bond acceptors (Lipinski definition) is 5. The van der Waals surface area contributed by atoms with E-state index in [1.807, 2.05) is 13.8 Å². The lowest BCUT2D eigenvalue weighted by Crippen LogP contribution is -2.36. The molecule has 12 heteroatoms. The number of benzene rings is 1. The Labute approximate surface area is 285 Å². The molecule has 0 spiro atoms. The van der Waals surface area contributed by atoms with Crippen molar-refractivity contribution in [1.29, 1.82) is 0 Å². The van der Waals surface area contributed by atoms with Crippen LogP contribution in [-0.2, 0) is 12.6 Å². The second-order valence-corrected chi connectivity index (χ2v) is 14.8. The number of aliphatic hydroxyl groups is 1. The number of alkyl halides is 6. The molecule has 5 rings (SSSR count). The molecule has 2 aromatic heterocycles. The molecule has 0 bridgehead atoms. The molecule has 1 fully saturated rings. The summed E-state index contributed by atoms with van der Waals surface area (Å²) in [4.78, 5) is 16.1. The van der Waals surface area contributed by atoms with Crippen molar-refractivity contribution < 1.29 is 31.4 Å². The van der Waals surface area contributed by atoms with Crippen molar-refractivity contribution in [3.63, 3.8) is 0 Å². The van der Waals surface area contributed by atoms with Crippen molar-refractivity contribution in [2.24, 2.45) is 5.41 Å². The standard InChI is InChI=1S/C35H41F6IN4O/c1-34(2)17-26-29(27(47)18-34)28(21(5-3-13-36)6-4-14-37)30(31(38)22-7-9-24(10-8-22)35(39,40)41)32(45-26)23-11-15-46(16-12-23)33-43-19-25(42)20-44-33/h7-10,19-21,23,27,31,47H,3-6,11-18H2,1-2H3/t27?,31-/m0/s1. The Morgan fingerprint density at radius 2 is 1.57 bits per heavy atom. The molecule has 2 atom stereocenters. The van der Waals surface area contributed by atoms with Gasteiger partial charge in [0.05, 0.1) is 30.7 Å². The third kappa shape index (κ3) is 8.22. The van der Waals surface area contributed by atoms with Crippen molar-refractivity contribution in [3.05, 3.63) is 79.4 Å². The van der Waals surface area contributed by atoms with Gasteiger partial charge in [-0.25, -0.2) is 14.4 Å². The molecule has 1 aromatic carbocycles. The van der Waals surface area contributed by atoms with Gasteiger partial charge in [0, 0.05) is 51.8 Å². The molecule has 0 saturated carbocycles. The monoisotopic (exact) mass is 774 g/mol. The van der Waals surface area contributed by atoms with Crippen LogP contribution in [0, 0.1) is 8.99 Å². The summed E-state index contributed by atoms with van der Waals surface area (Å²) in [6, 6.07) is 4.03. The van der Waals surface area contributed by atoms with E-state index in [0.29, 0.717) is 80.1 Å². The molecule has 1 aliphatic heterocycles. The molecule has 5 nitrogen and oxygen atoms in total. The first-order valence-corrected chi connectivity index (χ1v) is 17.3. The fraction of sp³-hybridized carbons (Fsp3) is 0.571. The van der Waals surface area contributed by atoms with E-state index in [1.54, 1.807) is 12.4 Å². The minimum atomic E-state index is -4.58. The summed E-state index contributed by atoms with van der Waals surface area (Å²) in [6.45, 7) is 4.03. The van der Waals surface area contributed by atoms with Crippen LogP contribution in [0.2, 0.25) is 0 Å². The van der Waals surface area contributed by atoms with Crippen LogP contribution in [0.3, 0.4) is 0 Å². The Hall–Kier alpha value is -2.48. The predicted octanol–water partition coefficient (Wildman–Crippen LogP) is 9.53. The third-order valence-corrected chi connectivity index (χ3v) is 10.0. The van der Waals surface area contributed by atoms with Crippen LogP contribution in [-0.4, -0.2) is 46.5 Å². The normalized spacial score (nSPS) is 19.2. The molecule has 1 unspecified atom stereocenters. The summed E-state index contributed by atoms with van der Waals surface area (Å²) >= 11 is 2.14. The Balaban J connectivity index is 1.67. The highest BCUT2D eigenvalue weighted by Gasteiger charge is 2.41. The highest BCUT2D eigenvalue weighted by molar-refractivity contribution is 14.1. The average Bonchev–Trinajstić information content (AvgIpc) is 3.03. The van der Waals surface area contributed by atoms with Gasteiger partial charge in [0.2, 0.25) is 5.95 Å². The Morgan fingerprint density at radius 3 is 2.13 bits per heavy atom. The number of pyridine rings is 1. The molecule has 3 aromatic rings. The maximum atomic E-state index is 17.2. The van der Waals surface area contributed by atoms with Crippen LogP contribution in [0.5, 0.6) is 0 Å². The van der Waals surface area contributed by atoms with Crippen LogP contribution in [0.15, 0.2) is 36.7 Å². The van der Waals surface area contributed by atoms with Gasteiger partial charge in [-0.2, -0.15) is 13.2 Å². The Morgan fingerprint density at radius 1 is 0.979 bits per heavy atom. The second-order valence-electron chi connectivity index (χ2n) is 13.5. The summed E-state index contributed by atoms with van der Waals surface area (Å²) in [7, 11) is 0. The number of aliphatic hydroxyl groups excluding tert-OH is 1. The lowest BCUT2D eigenvalue weighted by molar-refractivity contribution is -0.137. The molecule has 2 aliphatic rings. The van der Waals surface area contributed by atoms with Crippen molar-refractivity contribution in [1.82, 2.24) is 15.0 Å². The van der Waals surface area contributed by atoms with Crippen molar-refractivity contribution in [2.45, 2.75) is 95.5 Å². The van der Waals surface area contributed by atoms with Crippen LogP contribution >= 0.6 is 22.6 Å². The number of hydrogen-bond donors (Lipinski definition) is 1. The van der Waals surface area contributed by atoms with Gasteiger partial charge in [0.15, 0.2) is 6.17 Å². The van der Waals surface area contributed by atoms with Crippen LogP contribution < -0.4 is 4.90 Å². The first-order valence-electron chi connectivity index (χ1n) is 16.2. The maximum Gasteiger partial charge on any atom is 0.416 e. The van der Waals surface area contributed by atoms with Crippen molar-refractivity contribution in [3.8, 4) is 0 Å². The quantitative estimate of drug-likeness (QED) is 0.155. The number of aromatic nitrogens is 3. The number of fused-ring (bicyclic) bond motifs is 1. The molecule has 47 heavy (non-hydrogen) atoms. The third-order valence-electron chi connectivity index (χ3n) is 9.48. The first kappa shape index (κ1) is 35.8. The lowest BCUT2D eigenvalue weighted by atomic mass is 9.69. The van der Waals surface area contributed by atoms with E-state index >= 15 is 4.39 Å². The number of nitrogens with zero attached hydrogens (tertiary/aromatic N) is 4. The van der Waals surface area contributed by atoms with E-state index in [9.17, 15) is 27.1 Å². The van der Waals surface area contributed by atoms with E-state index in [4.69, 9.17) is 4.98 Å². The number of anilines is 1. The molecule has 0 amide bonds. The van der Waals surface area contributed by atoms with Gasteiger partial charge >= 0.3 is 6.18 Å². The van der Waals surface area contributed by atoms with E-state index in [2.05, 4.69) is 37.5 Å². The van der Waals surface area contributed by atoms with Gasteiger partial charge < -0.3 is 10.0 Å².